The Balaban J connectivity index is 1.66. The number of fused-ring (bicyclic) bond motifs is 5. The lowest BCUT2D eigenvalue weighted by Gasteiger charge is -2.34. The molecule has 6 nitrogen and oxygen atoms in total. The molecule has 0 spiro atoms. The van der Waals surface area contributed by atoms with Gasteiger partial charge in [0.1, 0.15) is 11.1 Å². The summed E-state index contributed by atoms with van der Waals surface area (Å²) in [5.41, 5.74) is -0.140. The van der Waals surface area contributed by atoms with Gasteiger partial charge in [-0.05, 0) is 58.2 Å². The fourth-order valence-electron chi connectivity index (χ4n) is 5.77. The second kappa shape index (κ2) is 6.75. The Kier molecular flexibility index (Phi) is 4.41. The first-order chi connectivity index (χ1) is 15.1. The van der Waals surface area contributed by atoms with Gasteiger partial charge in [0.25, 0.3) is 0 Å². The van der Waals surface area contributed by atoms with Crippen molar-refractivity contribution in [3.05, 3.63) is 65.7 Å². The number of aryl methyl sites for hydroxylation is 1. The van der Waals surface area contributed by atoms with E-state index in [2.05, 4.69) is 5.32 Å². The van der Waals surface area contributed by atoms with Crippen molar-refractivity contribution in [2.75, 3.05) is 4.90 Å². The Morgan fingerprint density at radius 3 is 2.22 bits per heavy atom. The quantitative estimate of drug-likeness (QED) is 0.594. The summed E-state index contributed by atoms with van der Waals surface area (Å²) in [6.07, 6.45) is 1.02. The monoisotopic (exact) mass is 432 g/mol. The van der Waals surface area contributed by atoms with Crippen LogP contribution in [0.15, 0.2) is 54.6 Å². The number of nitrogens with zero attached hydrogens (tertiary/aromatic N) is 1. The fraction of sp³-hybridized carbons (Fsp3) is 0.423. The molecule has 2 bridgehead atoms. The normalized spacial score (nSPS) is 31.2. The van der Waals surface area contributed by atoms with Crippen molar-refractivity contribution in [3.63, 3.8) is 0 Å². The van der Waals surface area contributed by atoms with Gasteiger partial charge in [0.15, 0.2) is 0 Å². The van der Waals surface area contributed by atoms with Crippen LogP contribution in [0.25, 0.3) is 0 Å². The highest BCUT2D eigenvalue weighted by molar-refractivity contribution is 6.24. The Morgan fingerprint density at radius 2 is 1.59 bits per heavy atom. The van der Waals surface area contributed by atoms with Crippen molar-refractivity contribution >= 4 is 23.5 Å². The lowest BCUT2D eigenvalue weighted by molar-refractivity contribution is -0.165. The number of carbonyl (C=O) groups is 3. The van der Waals surface area contributed by atoms with Gasteiger partial charge in [-0.2, -0.15) is 0 Å². The van der Waals surface area contributed by atoms with Gasteiger partial charge < -0.3 is 4.74 Å². The van der Waals surface area contributed by atoms with E-state index in [0.717, 1.165) is 11.1 Å². The predicted molar refractivity (Wildman–Crippen MR) is 120 cm³/mol. The number of ether oxygens (including phenoxy) is 1. The summed E-state index contributed by atoms with van der Waals surface area (Å²) < 4.78 is 5.79. The largest absolute Gasteiger partial charge is 0.459 e. The second-order valence-corrected chi connectivity index (χ2v) is 10.2. The summed E-state index contributed by atoms with van der Waals surface area (Å²) in [4.78, 5) is 42.4. The molecule has 3 aliphatic rings. The topological polar surface area (TPSA) is 75.7 Å². The maximum Gasteiger partial charge on any atom is 0.327 e. The molecule has 6 heteroatoms. The first-order valence-corrected chi connectivity index (χ1v) is 11.1. The van der Waals surface area contributed by atoms with Gasteiger partial charge in [0.2, 0.25) is 11.8 Å². The maximum atomic E-state index is 13.8. The summed E-state index contributed by atoms with van der Waals surface area (Å²) in [5, 5.41) is 3.50. The van der Waals surface area contributed by atoms with Gasteiger partial charge in [0, 0.05) is 0 Å². The van der Waals surface area contributed by atoms with Crippen LogP contribution >= 0.6 is 0 Å². The highest BCUT2D eigenvalue weighted by atomic mass is 16.6. The molecule has 2 amide bonds. The van der Waals surface area contributed by atoms with E-state index in [0.29, 0.717) is 18.5 Å². The highest BCUT2D eigenvalue weighted by Gasteiger charge is 2.77. The molecule has 4 unspecified atom stereocenters. The molecule has 2 aromatic rings. The minimum absolute atomic E-state index is 0.260. The molecule has 5 rings (SSSR count). The molecular formula is C26H28N2O4. The molecule has 166 valence electrons. The third-order valence-corrected chi connectivity index (χ3v) is 7.07. The van der Waals surface area contributed by atoms with E-state index in [1.807, 2.05) is 58.0 Å². The summed E-state index contributed by atoms with van der Waals surface area (Å²) >= 11 is 0. The minimum atomic E-state index is -1.22. The van der Waals surface area contributed by atoms with Crippen LogP contribution in [-0.2, 0) is 24.7 Å². The average Bonchev–Trinajstić information content (AvgIpc) is 3.36. The molecule has 4 atom stereocenters. The van der Waals surface area contributed by atoms with Crippen molar-refractivity contribution in [2.24, 2.45) is 11.8 Å². The zero-order chi connectivity index (χ0) is 22.9. The first kappa shape index (κ1) is 20.9. The molecule has 0 saturated carbocycles. The number of carbonyl (C=O) groups excluding carboxylic acids is 3. The summed E-state index contributed by atoms with van der Waals surface area (Å²) in [6, 6.07) is 17.0. The van der Waals surface area contributed by atoms with Crippen LogP contribution < -0.4 is 10.2 Å². The number of rotatable bonds is 3. The molecule has 0 aromatic heterocycles. The van der Waals surface area contributed by atoms with E-state index in [-0.39, 0.29) is 11.8 Å². The van der Waals surface area contributed by atoms with Crippen LogP contribution in [0.3, 0.4) is 0 Å². The van der Waals surface area contributed by atoms with Crippen LogP contribution in [0.2, 0.25) is 0 Å². The van der Waals surface area contributed by atoms with Crippen molar-refractivity contribution < 1.29 is 19.1 Å². The zero-order valence-corrected chi connectivity index (χ0v) is 18.8. The van der Waals surface area contributed by atoms with Crippen molar-refractivity contribution in [3.8, 4) is 0 Å². The van der Waals surface area contributed by atoms with Crippen LogP contribution in [0.4, 0.5) is 5.69 Å². The molecule has 2 aromatic carbocycles. The summed E-state index contributed by atoms with van der Waals surface area (Å²) in [6.45, 7) is 7.45. The minimum Gasteiger partial charge on any atom is -0.459 e. The van der Waals surface area contributed by atoms with Gasteiger partial charge in [-0.25, -0.2) is 4.90 Å². The molecule has 3 aliphatic heterocycles. The molecule has 0 radical (unpaired) electrons. The number of anilines is 1. The number of nitrogens with one attached hydrogen (secondary N) is 1. The molecule has 3 heterocycles. The third-order valence-electron chi connectivity index (χ3n) is 7.07. The van der Waals surface area contributed by atoms with Crippen LogP contribution in [0, 0.1) is 18.8 Å². The lowest BCUT2D eigenvalue weighted by atomic mass is 9.65. The van der Waals surface area contributed by atoms with Crippen LogP contribution in [0.5, 0.6) is 0 Å². The third kappa shape index (κ3) is 2.78. The van der Waals surface area contributed by atoms with Crippen molar-refractivity contribution in [1.29, 1.82) is 0 Å². The van der Waals surface area contributed by atoms with E-state index in [4.69, 9.17) is 4.74 Å². The van der Waals surface area contributed by atoms with E-state index >= 15 is 0 Å². The second-order valence-electron chi connectivity index (χ2n) is 10.2. The Hall–Kier alpha value is -2.99. The van der Waals surface area contributed by atoms with Gasteiger partial charge in [-0.1, -0.05) is 48.0 Å². The van der Waals surface area contributed by atoms with Crippen LogP contribution in [-0.4, -0.2) is 28.9 Å². The maximum absolute atomic E-state index is 13.8. The number of esters is 1. The zero-order valence-electron chi connectivity index (χ0n) is 18.8. The smallest absolute Gasteiger partial charge is 0.327 e. The highest BCUT2D eigenvalue weighted by Crippen LogP contribution is 2.61. The molecular weight excluding hydrogens is 404 g/mol. The lowest BCUT2D eigenvalue weighted by Crippen LogP contribution is -2.56. The van der Waals surface area contributed by atoms with Crippen LogP contribution in [0.1, 0.15) is 44.7 Å². The Bertz CT molecular complexity index is 1100. The first-order valence-electron chi connectivity index (χ1n) is 11.1. The molecule has 32 heavy (non-hydrogen) atoms. The summed E-state index contributed by atoms with van der Waals surface area (Å²) in [7, 11) is 0. The number of benzene rings is 2. The molecule has 0 aliphatic carbocycles. The van der Waals surface area contributed by atoms with Gasteiger partial charge in [-0.3, -0.25) is 19.7 Å². The molecule has 3 fully saturated rings. The van der Waals surface area contributed by atoms with Gasteiger partial charge in [0.05, 0.1) is 23.1 Å². The number of imide groups is 1. The van der Waals surface area contributed by atoms with E-state index in [9.17, 15) is 14.4 Å². The van der Waals surface area contributed by atoms with Crippen molar-refractivity contribution in [1.82, 2.24) is 5.32 Å². The van der Waals surface area contributed by atoms with Gasteiger partial charge >= 0.3 is 5.97 Å². The van der Waals surface area contributed by atoms with E-state index < -0.39 is 34.5 Å². The number of hydrogen-bond acceptors (Lipinski definition) is 5. The van der Waals surface area contributed by atoms with Gasteiger partial charge in [-0.15, -0.1) is 0 Å². The fourth-order valence-corrected chi connectivity index (χ4v) is 5.77. The number of amides is 2. The Morgan fingerprint density at radius 1 is 0.969 bits per heavy atom. The molecule has 1 N–H and O–H groups in total. The number of para-hydroxylation sites is 1. The van der Waals surface area contributed by atoms with E-state index in [1.54, 1.807) is 24.3 Å². The SMILES string of the molecule is Cc1ccc(C23CCC(C(=O)OC(C)(C)C)(N2)C2C(=O)N(c4ccccc4)C(=O)C23)cc1. The average molecular weight is 433 g/mol. The summed E-state index contributed by atoms with van der Waals surface area (Å²) in [5.74, 6) is -2.52. The Labute approximate surface area is 187 Å². The predicted octanol–water partition coefficient (Wildman–Crippen LogP) is 3.47. The standard InChI is InChI=1S/C26H28N2O4/c1-16-10-12-17(13-11-16)25-14-15-26(27-25,23(31)32-24(2,3)4)20-19(25)21(29)28(22(20)30)18-8-6-5-7-9-18/h5-13,19-20,27H,14-15H2,1-4H3. The number of hydrogen-bond donors (Lipinski definition) is 1. The molecule has 3 saturated heterocycles. The van der Waals surface area contributed by atoms with Crippen molar-refractivity contribution in [2.45, 2.75) is 57.2 Å². The van der Waals surface area contributed by atoms with E-state index in [1.165, 1.54) is 4.90 Å².